The monoisotopic (exact) mass is 217 g/mol. The number of piperazine rings is 1. The van der Waals surface area contributed by atoms with Gasteiger partial charge in [0.2, 0.25) is 0 Å². The number of fused-ring (bicyclic) bond motifs is 1. The second-order valence-corrected chi connectivity index (χ2v) is 4.22. The molecule has 3 heterocycles. The molecule has 2 aromatic heterocycles. The molecule has 0 unspecified atom stereocenters. The highest BCUT2D eigenvalue weighted by atomic mass is 15.3. The van der Waals surface area contributed by atoms with Crippen molar-refractivity contribution >= 4 is 16.9 Å². The highest BCUT2D eigenvalue weighted by Crippen LogP contribution is 2.23. The second kappa shape index (κ2) is 3.75. The third-order valence-electron chi connectivity index (χ3n) is 3.15. The van der Waals surface area contributed by atoms with Gasteiger partial charge in [-0.15, -0.1) is 0 Å². The van der Waals surface area contributed by atoms with Crippen LogP contribution in [0.1, 0.15) is 0 Å². The number of hydrogen-bond donors (Lipinski definition) is 1. The van der Waals surface area contributed by atoms with Gasteiger partial charge in [-0.2, -0.15) is 0 Å². The molecule has 1 aliphatic rings. The summed E-state index contributed by atoms with van der Waals surface area (Å²) in [7, 11) is 2.16. The smallest absolute Gasteiger partial charge is 0.179 e. The van der Waals surface area contributed by atoms with Gasteiger partial charge in [-0.25, -0.2) is 9.97 Å². The van der Waals surface area contributed by atoms with E-state index in [1.54, 1.807) is 6.33 Å². The minimum Gasteiger partial charge on any atom is -0.367 e. The average Bonchev–Trinajstić information content (AvgIpc) is 2.78. The van der Waals surface area contributed by atoms with Crippen LogP contribution >= 0.6 is 0 Å². The quantitative estimate of drug-likeness (QED) is 0.764. The standard InChI is InChI=1S/C11H15N5/c1-15-4-6-16(7-5-15)9-2-3-12-11-10(9)13-8-14-11/h2-3,8H,4-7H2,1H3,(H,12,13,14). The van der Waals surface area contributed by atoms with Crippen molar-refractivity contribution in [2.45, 2.75) is 0 Å². The fourth-order valence-electron chi connectivity index (χ4n) is 2.15. The van der Waals surface area contributed by atoms with Crippen LogP contribution in [0.2, 0.25) is 0 Å². The van der Waals surface area contributed by atoms with Gasteiger partial charge in [0.25, 0.3) is 0 Å². The van der Waals surface area contributed by atoms with E-state index in [9.17, 15) is 0 Å². The molecular weight excluding hydrogens is 202 g/mol. The maximum atomic E-state index is 4.23. The van der Waals surface area contributed by atoms with Crippen LogP contribution < -0.4 is 4.90 Å². The first kappa shape index (κ1) is 9.59. The fraction of sp³-hybridized carbons (Fsp3) is 0.455. The number of pyridine rings is 1. The Morgan fingerprint density at radius 1 is 1.19 bits per heavy atom. The van der Waals surface area contributed by atoms with E-state index in [1.807, 2.05) is 6.20 Å². The number of rotatable bonds is 1. The number of anilines is 1. The normalized spacial score (nSPS) is 18.2. The lowest BCUT2D eigenvalue weighted by Crippen LogP contribution is -2.44. The van der Waals surface area contributed by atoms with Crippen molar-refractivity contribution in [3.8, 4) is 0 Å². The fourth-order valence-corrected chi connectivity index (χ4v) is 2.15. The maximum Gasteiger partial charge on any atom is 0.179 e. The van der Waals surface area contributed by atoms with E-state index in [0.29, 0.717) is 0 Å². The summed E-state index contributed by atoms with van der Waals surface area (Å²) in [4.78, 5) is 16.3. The summed E-state index contributed by atoms with van der Waals surface area (Å²) >= 11 is 0. The number of imidazole rings is 1. The van der Waals surface area contributed by atoms with Crippen molar-refractivity contribution in [1.29, 1.82) is 0 Å². The molecular formula is C11H15N5. The predicted molar refractivity (Wildman–Crippen MR) is 63.6 cm³/mol. The second-order valence-electron chi connectivity index (χ2n) is 4.22. The first-order valence-electron chi connectivity index (χ1n) is 5.56. The molecule has 0 radical (unpaired) electrons. The summed E-state index contributed by atoms with van der Waals surface area (Å²) in [6.07, 6.45) is 3.54. The molecule has 0 bridgehead atoms. The lowest BCUT2D eigenvalue weighted by molar-refractivity contribution is 0.313. The molecule has 16 heavy (non-hydrogen) atoms. The van der Waals surface area contributed by atoms with Crippen LogP contribution in [0.25, 0.3) is 11.2 Å². The third kappa shape index (κ3) is 1.53. The van der Waals surface area contributed by atoms with E-state index >= 15 is 0 Å². The predicted octanol–water partition coefficient (Wildman–Crippen LogP) is 0.710. The zero-order chi connectivity index (χ0) is 11.0. The van der Waals surface area contributed by atoms with Crippen LogP contribution in [0.15, 0.2) is 18.6 Å². The first-order valence-corrected chi connectivity index (χ1v) is 5.56. The number of likely N-dealkylation sites (N-methyl/N-ethyl adjacent to an activating group) is 1. The summed E-state index contributed by atoms with van der Waals surface area (Å²) < 4.78 is 0. The molecule has 0 aromatic carbocycles. The molecule has 1 aliphatic heterocycles. The zero-order valence-electron chi connectivity index (χ0n) is 9.35. The number of H-pyrrole nitrogens is 1. The summed E-state index contributed by atoms with van der Waals surface area (Å²) in [5.41, 5.74) is 3.07. The lowest BCUT2D eigenvalue weighted by atomic mass is 10.2. The molecule has 0 saturated carbocycles. The highest BCUT2D eigenvalue weighted by Gasteiger charge is 2.16. The van der Waals surface area contributed by atoms with Gasteiger partial charge < -0.3 is 14.8 Å². The van der Waals surface area contributed by atoms with Crippen LogP contribution in [-0.2, 0) is 0 Å². The molecule has 3 rings (SSSR count). The van der Waals surface area contributed by atoms with Crippen LogP contribution in [0.4, 0.5) is 5.69 Å². The first-order chi connectivity index (χ1) is 7.84. The lowest BCUT2D eigenvalue weighted by Gasteiger charge is -2.34. The minimum atomic E-state index is 0.802. The highest BCUT2D eigenvalue weighted by molar-refractivity contribution is 5.85. The van der Waals surface area contributed by atoms with Crippen molar-refractivity contribution in [2.75, 3.05) is 38.1 Å². The van der Waals surface area contributed by atoms with Gasteiger partial charge in [0.15, 0.2) is 5.65 Å². The summed E-state index contributed by atoms with van der Waals surface area (Å²) in [6.45, 7) is 4.35. The van der Waals surface area contributed by atoms with Crippen molar-refractivity contribution in [3.63, 3.8) is 0 Å². The van der Waals surface area contributed by atoms with Crippen molar-refractivity contribution in [3.05, 3.63) is 18.6 Å². The molecule has 1 fully saturated rings. The Hall–Kier alpha value is -1.62. The zero-order valence-corrected chi connectivity index (χ0v) is 9.35. The third-order valence-corrected chi connectivity index (χ3v) is 3.15. The van der Waals surface area contributed by atoms with Crippen LogP contribution in [0.5, 0.6) is 0 Å². The van der Waals surface area contributed by atoms with E-state index in [4.69, 9.17) is 0 Å². The molecule has 5 nitrogen and oxygen atoms in total. The molecule has 84 valence electrons. The van der Waals surface area contributed by atoms with Gasteiger partial charge >= 0.3 is 0 Å². The SMILES string of the molecule is CN1CCN(c2ccnc3nc[nH]c23)CC1. The van der Waals surface area contributed by atoms with Crippen LogP contribution in [0, 0.1) is 0 Å². The van der Waals surface area contributed by atoms with Gasteiger partial charge in [-0.05, 0) is 13.1 Å². The number of aromatic amines is 1. The molecule has 5 heteroatoms. The van der Waals surface area contributed by atoms with Crippen molar-refractivity contribution in [2.24, 2.45) is 0 Å². The van der Waals surface area contributed by atoms with E-state index in [0.717, 1.165) is 37.3 Å². The van der Waals surface area contributed by atoms with E-state index in [2.05, 4.69) is 37.9 Å². The van der Waals surface area contributed by atoms with E-state index < -0.39 is 0 Å². The molecule has 0 amide bonds. The topological polar surface area (TPSA) is 48.1 Å². The largest absolute Gasteiger partial charge is 0.367 e. The summed E-state index contributed by atoms with van der Waals surface area (Å²) in [6, 6.07) is 2.06. The molecule has 1 saturated heterocycles. The summed E-state index contributed by atoms with van der Waals surface area (Å²) in [5, 5.41) is 0. The number of nitrogens with zero attached hydrogens (tertiary/aromatic N) is 4. The molecule has 0 spiro atoms. The molecule has 0 aliphatic carbocycles. The average molecular weight is 217 g/mol. The Morgan fingerprint density at radius 3 is 2.81 bits per heavy atom. The van der Waals surface area contributed by atoms with E-state index in [-0.39, 0.29) is 0 Å². The van der Waals surface area contributed by atoms with Gasteiger partial charge in [0, 0.05) is 32.4 Å². The maximum absolute atomic E-state index is 4.23. The Morgan fingerprint density at radius 2 is 2.00 bits per heavy atom. The molecule has 1 N–H and O–H groups in total. The minimum absolute atomic E-state index is 0.802. The van der Waals surface area contributed by atoms with Crippen LogP contribution in [-0.4, -0.2) is 53.1 Å². The Kier molecular flexibility index (Phi) is 2.25. The Bertz CT molecular complexity index is 484. The summed E-state index contributed by atoms with van der Waals surface area (Å²) in [5.74, 6) is 0. The Balaban J connectivity index is 1.96. The van der Waals surface area contributed by atoms with Gasteiger partial charge in [-0.3, -0.25) is 0 Å². The van der Waals surface area contributed by atoms with Gasteiger partial charge in [-0.1, -0.05) is 0 Å². The number of aromatic nitrogens is 3. The van der Waals surface area contributed by atoms with Crippen LogP contribution in [0.3, 0.4) is 0 Å². The van der Waals surface area contributed by atoms with Crippen molar-refractivity contribution < 1.29 is 0 Å². The van der Waals surface area contributed by atoms with Gasteiger partial charge in [0.1, 0.15) is 5.52 Å². The van der Waals surface area contributed by atoms with Crippen molar-refractivity contribution in [1.82, 2.24) is 19.9 Å². The Labute approximate surface area is 94.1 Å². The molecule has 2 aromatic rings. The number of nitrogens with one attached hydrogen (secondary N) is 1. The molecule has 0 atom stereocenters. The van der Waals surface area contributed by atoms with E-state index in [1.165, 1.54) is 5.69 Å². The number of hydrogen-bond acceptors (Lipinski definition) is 4. The van der Waals surface area contributed by atoms with Gasteiger partial charge in [0.05, 0.1) is 12.0 Å².